The second kappa shape index (κ2) is 6.74. The maximum atomic E-state index is 6.06. The van der Waals surface area contributed by atoms with E-state index >= 15 is 0 Å². The molecule has 0 bridgehead atoms. The van der Waals surface area contributed by atoms with E-state index < -0.39 is 9.28 Å². The van der Waals surface area contributed by atoms with Gasteiger partial charge in [0.1, 0.15) is 0 Å². The summed E-state index contributed by atoms with van der Waals surface area (Å²) in [5.41, 5.74) is 7.24. The Hall–Kier alpha value is -0.683. The van der Waals surface area contributed by atoms with Crippen LogP contribution >= 0.6 is 0 Å². The zero-order chi connectivity index (χ0) is 11.1. The maximum absolute atomic E-state index is 6.06. The maximum Gasteiger partial charge on any atom is 0.320 e. The van der Waals surface area contributed by atoms with Gasteiger partial charge in [-0.25, -0.2) is 0 Å². The zero-order valence-electron chi connectivity index (χ0n) is 9.35. The van der Waals surface area contributed by atoms with Crippen LogP contribution in [0.25, 0.3) is 0 Å². The molecule has 84 valence electrons. The minimum absolute atomic E-state index is 0.0894. The lowest BCUT2D eigenvalue weighted by atomic mass is 10.1. The number of nitrogens with two attached hydrogens (primary N) is 1. The van der Waals surface area contributed by atoms with Crippen molar-refractivity contribution in [1.82, 2.24) is 0 Å². The van der Waals surface area contributed by atoms with Crippen LogP contribution in [-0.4, -0.2) is 23.5 Å². The second-order valence-corrected chi connectivity index (χ2v) is 5.87. The van der Waals surface area contributed by atoms with Gasteiger partial charge in [-0.05, 0) is 18.0 Å². The highest BCUT2D eigenvalue weighted by atomic mass is 28.3. The summed E-state index contributed by atoms with van der Waals surface area (Å²) in [6.45, 7) is 0. The zero-order valence-corrected chi connectivity index (χ0v) is 10.5. The molecular weight excluding hydrogens is 206 g/mol. The van der Waals surface area contributed by atoms with Crippen LogP contribution in [0, 0.1) is 0 Å². The van der Waals surface area contributed by atoms with Gasteiger partial charge in [-0.2, -0.15) is 0 Å². The van der Waals surface area contributed by atoms with Gasteiger partial charge in [-0.1, -0.05) is 30.3 Å². The highest BCUT2D eigenvalue weighted by Gasteiger charge is 2.13. The molecule has 0 spiro atoms. The summed E-state index contributed by atoms with van der Waals surface area (Å²) >= 11 is 0. The van der Waals surface area contributed by atoms with E-state index in [1.54, 1.807) is 14.2 Å². The SMILES string of the molecule is CO[SiH](CCC(N)c1ccccc1)OC. The van der Waals surface area contributed by atoms with Gasteiger partial charge >= 0.3 is 9.28 Å². The molecule has 3 nitrogen and oxygen atoms in total. The lowest BCUT2D eigenvalue weighted by molar-refractivity contribution is 0.275. The lowest BCUT2D eigenvalue weighted by Crippen LogP contribution is -2.21. The minimum Gasteiger partial charge on any atom is -0.400 e. The average molecular weight is 225 g/mol. The number of hydrogen-bond acceptors (Lipinski definition) is 3. The fourth-order valence-electron chi connectivity index (χ4n) is 1.51. The summed E-state index contributed by atoms with van der Waals surface area (Å²) in [5, 5.41) is 0. The van der Waals surface area contributed by atoms with Crippen molar-refractivity contribution in [1.29, 1.82) is 0 Å². The molecule has 0 aliphatic carbocycles. The summed E-state index contributed by atoms with van der Waals surface area (Å²) in [4.78, 5) is 0. The number of hydrogen-bond donors (Lipinski definition) is 1. The molecule has 1 unspecified atom stereocenters. The van der Waals surface area contributed by atoms with Crippen molar-refractivity contribution in [2.75, 3.05) is 14.2 Å². The Morgan fingerprint density at radius 1 is 1.20 bits per heavy atom. The molecule has 0 heterocycles. The smallest absolute Gasteiger partial charge is 0.320 e. The Morgan fingerprint density at radius 2 is 1.80 bits per heavy atom. The van der Waals surface area contributed by atoms with Crippen LogP contribution in [0.4, 0.5) is 0 Å². The molecule has 0 aliphatic heterocycles. The molecular formula is C11H19NO2Si. The van der Waals surface area contributed by atoms with Crippen molar-refractivity contribution < 1.29 is 8.85 Å². The largest absolute Gasteiger partial charge is 0.400 e. The van der Waals surface area contributed by atoms with E-state index in [2.05, 4.69) is 12.1 Å². The molecule has 1 rings (SSSR count). The van der Waals surface area contributed by atoms with Gasteiger partial charge in [-0.15, -0.1) is 0 Å². The van der Waals surface area contributed by atoms with Gasteiger partial charge in [-0.3, -0.25) is 0 Å². The molecule has 1 atom stereocenters. The van der Waals surface area contributed by atoms with Gasteiger partial charge < -0.3 is 14.6 Å². The van der Waals surface area contributed by atoms with Crippen molar-refractivity contribution >= 4 is 9.28 Å². The van der Waals surface area contributed by atoms with Crippen LogP contribution < -0.4 is 5.73 Å². The molecule has 0 fully saturated rings. The lowest BCUT2D eigenvalue weighted by Gasteiger charge is -2.15. The summed E-state index contributed by atoms with van der Waals surface area (Å²) in [5.74, 6) is 0. The van der Waals surface area contributed by atoms with E-state index in [-0.39, 0.29) is 6.04 Å². The molecule has 1 aromatic carbocycles. The third-order valence-electron chi connectivity index (χ3n) is 2.47. The Bertz CT molecular complexity index is 265. The van der Waals surface area contributed by atoms with E-state index in [0.29, 0.717) is 0 Å². The van der Waals surface area contributed by atoms with Crippen LogP contribution in [0.2, 0.25) is 6.04 Å². The molecule has 0 amide bonds. The number of rotatable bonds is 6. The van der Waals surface area contributed by atoms with Crippen molar-refractivity contribution in [3.8, 4) is 0 Å². The van der Waals surface area contributed by atoms with Crippen LogP contribution in [-0.2, 0) is 8.85 Å². The van der Waals surface area contributed by atoms with E-state index in [9.17, 15) is 0 Å². The Labute approximate surface area is 93.0 Å². The van der Waals surface area contributed by atoms with Crippen LogP contribution in [0.1, 0.15) is 18.0 Å². The van der Waals surface area contributed by atoms with E-state index in [1.165, 1.54) is 5.56 Å². The van der Waals surface area contributed by atoms with Crippen LogP contribution in [0.5, 0.6) is 0 Å². The minimum atomic E-state index is -1.45. The predicted octanol–water partition coefficient (Wildman–Crippen LogP) is 1.59. The Morgan fingerprint density at radius 3 is 2.33 bits per heavy atom. The first-order valence-electron chi connectivity index (χ1n) is 5.14. The fourth-order valence-corrected chi connectivity index (χ4v) is 2.81. The molecule has 0 saturated carbocycles. The van der Waals surface area contributed by atoms with Crippen molar-refractivity contribution in [2.45, 2.75) is 18.5 Å². The topological polar surface area (TPSA) is 44.5 Å². The molecule has 15 heavy (non-hydrogen) atoms. The molecule has 0 radical (unpaired) electrons. The normalized spacial score (nSPS) is 13.1. The summed E-state index contributed by atoms with van der Waals surface area (Å²) < 4.78 is 10.5. The fraction of sp³-hybridized carbons (Fsp3) is 0.455. The van der Waals surface area contributed by atoms with Gasteiger partial charge in [0.15, 0.2) is 0 Å². The predicted molar refractivity (Wildman–Crippen MR) is 64.0 cm³/mol. The van der Waals surface area contributed by atoms with Gasteiger partial charge in [0.05, 0.1) is 0 Å². The van der Waals surface area contributed by atoms with Crippen molar-refractivity contribution in [3.63, 3.8) is 0 Å². The quantitative estimate of drug-likeness (QED) is 0.748. The van der Waals surface area contributed by atoms with Crippen molar-refractivity contribution in [2.24, 2.45) is 5.73 Å². The van der Waals surface area contributed by atoms with Crippen molar-refractivity contribution in [3.05, 3.63) is 35.9 Å². The summed E-state index contributed by atoms with van der Waals surface area (Å²) in [6, 6.07) is 11.2. The highest BCUT2D eigenvalue weighted by Crippen LogP contribution is 2.16. The van der Waals surface area contributed by atoms with E-state index in [4.69, 9.17) is 14.6 Å². The molecule has 0 aliphatic rings. The van der Waals surface area contributed by atoms with Crippen LogP contribution in [0.15, 0.2) is 30.3 Å². The average Bonchev–Trinajstić information content (AvgIpc) is 2.31. The third-order valence-corrected chi connectivity index (χ3v) is 4.32. The Balaban J connectivity index is 2.39. The second-order valence-electron chi connectivity index (χ2n) is 3.50. The molecule has 1 aromatic rings. The highest BCUT2D eigenvalue weighted by molar-refractivity contribution is 6.44. The van der Waals surface area contributed by atoms with Gasteiger partial charge in [0, 0.05) is 20.3 Å². The van der Waals surface area contributed by atoms with Gasteiger partial charge in [0.2, 0.25) is 0 Å². The first kappa shape index (κ1) is 12.4. The van der Waals surface area contributed by atoms with Crippen LogP contribution in [0.3, 0.4) is 0 Å². The first-order chi connectivity index (χ1) is 7.27. The monoisotopic (exact) mass is 225 g/mol. The molecule has 0 aromatic heterocycles. The summed E-state index contributed by atoms with van der Waals surface area (Å²) in [6.07, 6.45) is 0.919. The third kappa shape index (κ3) is 4.13. The summed E-state index contributed by atoms with van der Waals surface area (Å²) in [7, 11) is 1.95. The number of benzene rings is 1. The molecule has 0 saturated heterocycles. The Kier molecular flexibility index (Phi) is 5.56. The standard InChI is InChI=1S/C11H19NO2Si/c1-13-15(14-2)9-8-11(12)10-6-4-3-5-7-10/h3-7,11,15H,8-9,12H2,1-2H3. The van der Waals surface area contributed by atoms with Gasteiger partial charge in [0.25, 0.3) is 0 Å². The van der Waals surface area contributed by atoms with E-state index in [0.717, 1.165) is 12.5 Å². The van der Waals surface area contributed by atoms with E-state index in [1.807, 2.05) is 18.2 Å². The molecule has 2 N–H and O–H groups in total. The molecule has 4 heteroatoms. The first-order valence-corrected chi connectivity index (χ1v) is 6.90.